The van der Waals surface area contributed by atoms with Crippen LogP contribution in [0.2, 0.25) is 0 Å². The number of rotatable bonds is 4. The van der Waals surface area contributed by atoms with Crippen LogP contribution < -0.4 is 0 Å². The minimum Gasteiger partial charge on any atom is -0.206 e. The van der Waals surface area contributed by atoms with Gasteiger partial charge in [-0.15, -0.1) is 0 Å². The van der Waals surface area contributed by atoms with Crippen LogP contribution in [0.25, 0.3) is 0 Å². The Hall–Kier alpha value is -0.330. The molecule has 1 aromatic rings. The van der Waals surface area contributed by atoms with Crippen LogP contribution in [0.15, 0.2) is 12.1 Å². The summed E-state index contributed by atoms with van der Waals surface area (Å²) in [5.74, 6) is -1.50. The maximum Gasteiger partial charge on any atom is 0.327 e. The van der Waals surface area contributed by atoms with Gasteiger partial charge >= 0.3 is 3.93 Å². The highest BCUT2D eigenvalue weighted by Gasteiger charge is 2.35. The first-order valence-electron chi connectivity index (χ1n) is 7.39. The van der Waals surface area contributed by atoms with E-state index in [0.717, 1.165) is 66.8 Å². The van der Waals surface area contributed by atoms with E-state index in [1.807, 2.05) is 0 Å². The molecule has 0 bridgehead atoms. The van der Waals surface area contributed by atoms with E-state index in [1.54, 1.807) is 0 Å². The van der Waals surface area contributed by atoms with Crippen molar-refractivity contribution in [3.05, 3.63) is 34.9 Å². The van der Waals surface area contributed by atoms with E-state index >= 15 is 0 Å². The van der Waals surface area contributed by atoms with Crippen LogP contribution in [-0.2, 0) is 3.93 Å². The van der Waals surface area contributed by atoms with Gasteiger partial charge in [-0.25, -0.2) is 8.78 Å². The molecule has 0 N–H and O–H groups in total. The van der Waals surface area contributed by atoms with Crippen molar-refractivity contribution < 1.29 is 17.6 Å². The highest BCUT2D eigenvalue weighted by molar-refractivity contribution is 14.1. The summed E-state index contributed by atoms with van der Waals surface area (Å²) in [6.07, 6.45) is 6.19. The highest BCUT2D eigenvalue weighted by Crippen LogP contribution is 2.42. The molecule has 0 unspecified atom stereocenters. The first-order valence-corrected chi connectivity index (χ1v) is 8.47. The van der Waals surface area contributed by atoms with E-state index in [2.05, 4.69) is 6.92 Å². The Labute approximate surface area is 136 Å². The van der Waals surface area contributed by atoms with Crippen molar-refractivity contribution in [3.8, 4) is 0 Å². The lowest BCUT2D eigenvalue weighted by Crippen LogP contribution is -2.15. The topological polar surface area (TPSA) is 0 Å². The average Bonchev–Trinajstić information content (AvgIpc) is 2.37. The van der Waals surface area contributed by atoms with E-state index in [0.29, 0.717) is 11.5 Å². The molecule has 2 rings (SSSR count). The maximum absolute atomic E-state index is 13.8. The van der Waals surface area contributed by atoms with Gasteiger partial charge in [0.2, 0.25) is 0 Å². The highest BCUT2D eigenvalue weighted by atomic mass is 127. The van der Waals surface area contributed by atoms with Gasteiger partial charge in [0.25, 0.3) is 0 Å². The Bertz CT molecular complexity index is 465. The zero-order valence-corrected chi connectivity index (χ0v) is 14.1. The number of hydrogen-bond acceptors (Lipinski definition) is 0. The normalized spacial score (nSPS) is 23.3. The SMILES string of the molecule is CCCC1CCC(c2cc(F)c(C(F)(F)I)c(F)c2)CC1. The van der Waals surface area contributed by atoms with Crippen LogP contribution in [-0.4, -0.2) is 0 Å². The zero-order chi connectivity index (χ0) is 15.6. The van der Waals surface area contributed by atoms with Gasteiger partial charge in [0.05, 0.1) is 0 Å². The largest absolute Gasteiger partial charge is 0.327 e. The molecule has 0 heterocycles. The van der Waals surface area contributed by atoms with Crippen molar-refractivity contribution in [1.82, 2.24) is 0 Å². The van der Waals surface area contributed by atoms with E-state index in [-0.39, 0.29) is 5.92 Å². The molecule has 5 heteroatoms. The summed E-state index contributed by atoms with van der Waals surface area (Å²) in [6.45, 7) is 2.15. The van der Waals surface area contributed by atoms with Crippen LogP contribution in [0.4, 0.5) is 17.6 Å². The fourth-order valence-corrected chi connectivity index (χ4v) is 3.81. The minimum atomic E-state index is -3.52. The Morgan fingerprint density at radius 2 is 1.62 bits per heavy atom. The first kappa shape index (κ1) is 17.0. The van der Waals surface area contributed by atoms with E-state index in [9.17, 15) is 17.6 Å². The van der Waals surface area contributed by atoms with Gasteiger partial charge in [0.15, 0.2) is 0 Å². The molecule has 0 radical (unpaired) electrons. The van der Waals surface area contributed by atoms with Gasteiger partial charge in [-0.05, 0) is 55.2 Å². The van der Waals surface area contributed by atoms with Crippen LogP contribution in [0.1, 0.15) is 62.5 Å². The zero-order valence-electron chi connectivity index (χ0n) is 11.9. The molecule has 1 fully saturated rings. The van der Waals surface area contributed by atoms with Crippen molar-refractivity contribution in [2.45, 2.75) is 55.3 Å². The Kier molecular flexibility index (Phi) is 5.54. The summed E-state index contributed by atoms with van der Waals surface area (Å²) in [5, 5.41) is 0. The van der Waals surface area contributed by atoms with Crippen molar-refractivity contribution in [3.63, 3.8) is 0 Å². The molecular weight excluding hydrogens is 395 g/mol. The van der Waals surface area contributed by atoms with Crippen molar-refractivity contribution in [2.24, 2.45) is 5.92 Å². The summed E-state index contributed by atoms with van der Waals surface area (Å²) in [7, 11) is 0. The lowest BCUT2D eigenvalue weighted by Gasteiger charge is -2.29. The predicted octanol–water partition coefficient (Wildman–Crippen LogP) is 6.52. The van der Waals surface area contributed by atoms with Gasteiger partial charge in [0.1, 0.15) is 17.2 Å². The van der Waals surface area contributed by atoms with Gasteiger partial charge in [-0.2, -0.15) is 8.78 Å². The standard InChI is InChI=1S/C16H19F4I/c1-2-3-10-4-6-11(7-5-10)12-8-13(17)15(14(18)9-12)16(19,20)21/h8-11H,2-7H2,1H3. The molecular formula is C16H19F4I. The Morgan fingerprint density at radius 1 is 1.10 bits per heavy atom. The molecule has 21 heavy (non-hydrogen) atoms. The van der Waals surface area contributed by atoms with Gasteiger partial charge in [0, 0.05) is 22.6 Å². The second kappa shape index (κ2) is 6.84. The molecule has 1 aromatic carbocycles. The Balaban J connectivity index is 2.16. The van der Waals surface area contributed by atoms with Crippen molar-refractivity contribution in [1.29, 1.82) is 0 Å². The summed E-state index contributed by atoms with van der Waals surface area (Å²) in [4.78, 5) is 0. The smallest absolute Gasteiger partial charge is 0.206 e. The quantitative estimate of drug-likeness (QED) is 0.299. The predicted molar refractivity (Wildman–Crippen MR) is 83.9 cm³/mol. The molecule has 1 aliphatic carbocycles. The third kappa shape index (κ3) is 4.11. The lowest BCUT2D eigenvalue weighted by atomic mass is 9.77. The third-order valence-electron chi connectivity index (χ3n) is 4.36. The van der Waals surface area contributed by atoms with Gasteiger partial charge < -0.3 is 0 Å². The summed E-state index contributed by atoms with van der Waals surface area (Å²) >= 11 is 0.758. The molecule has 118 valence electrons. The van der Waals surface area contributed by atoms with E-state index in [4.69, 9.17) is 0 Å². The van der Waals surface area contributed by atoms with Crippen molar-refractivity contribution >= 4 is 22.6 Å². The van der Waals surface area contributed by atoms with Crippen LogP contribution >= 0.6 is 22.6 Å². The number of halogens is 5. The molecule has 0 aromatic heterocycles. The summed E-state index contributed by atoms with van der Waals surface area (Å²) < 4.78 is 50.5. The van der Waals surface area contributed by atoms with Crippen LogP contribution in [0.3, 0.4) is 0 Å². The number of hydrogen-bond donors (Lipinski definition) is 0. The van der Waals surface area contributed by atoms with Gasteiger partial charge in [-0.3, -0.25) is 0 Å². The molecule has 0 amide bonds. The number of benzene rings is 1. The van der Waals surface area contributed by atoms with Crippen molar-refractivity contribution in [2.75, 3.05) is 0 Å². The first-order chi connectivity index (χ1) is 9.82. The third-order valence-corrected chi connectivity index (χ3v) is 4.90. The molecule has 0 nitrogen and oxygen atoms in total. The molecule has 0 atom stereocenters. The summed E-state index contributed by atoms with van der Waals surface area (Å²) in [5.41, 5.74) is -0.615. The fourth-order valence-electron chi connectivity index (χ4n) is 3.29. The maximum atomic E-state index is 13.8. The second-order valence-corrected chi connectivity index (χ2v) is 7.22. The van der Waals surface area contributed by atoms with Crippen LogP contribution in [0, 0.1) is 17.6 Å². The van der Waals surface area contributed by atoms with E-state index < -0.39 is 21.1 Å². The lowest BCUT2D eigenvalue weighted by molar-refractivity contribution is 0.117. The molecule has 0 saturated heterocycles. The fraction of sp³-hybridized carbons (Fsp3) is 0.625. The monoisotopic (exact) mass is 414 g/mol. The van der Waals surface area contributed by atoms with Gasteiger partial charge in [-0.1, -0.05) is 19.8 Å². The molecule has 1 saturated carbocycles. The molecule has 0 spiro atoms. The second-order valence-electron chi connectivity index (χ2n) is 5.86. The minimum absolute atomic E-state index is 0.0824. The molecule has 1 aliphatic rings. The van der Waals surface area contributed by atoms with Crippen LogP contribution in [0.5, 0.6) is 0 Å². The molecule has 0 aliphatic heterocycles. The average molecular weight is 414 g/mol. The summed E-state index contributed by atoms with van der Waals surface area (Å²) in [6, 6.07) is 2.19. The number of alkyl halides is 3. The van der Waals surface area contributed by atoms with E-state index in [1.165, 1.54) is 6.42 Å². The Morgan fingerprint density at radius 3 is 2.05 bits per heavy atom.